The summed E-state index contributed by atoms with van der Waals surface area (Å²) >= 11 is 0. The molecule has 2 aromatic rings. The van der Waals surface area contributed by atoms with Gasteiger partial charge in [-0.1, -0.05) is 36.4 Å². The number of rotatable bonds is 3. The zero-order valence-corrected chi connectivity index (χ0v) is 17.5. The van der Waals surface area contributed by atoms with Crippen molar-refractivity contribution in [3.63, 3.8) is 0 Å². The largest absolute Gasteiger partial charge is 0.440 e. The third-order valence-corrected chi connectivity index (χ3v) is 5.92. The van der Waals surface area contributed by atoms with Crippen LogP contribution < -0.4 is 10.6 Å². The first-order chi connectivity index (χ1) is 14.9. The third-order valence-electron chi connectivity index (χ3n) is 5.92. The predicted molar refractivity (Wildman–Crippen MR) is 114 cm³/mol. The number of ether oxygens (including phenoxy) is 1. The fraction of sp³-hybridized carbons (Fsp3) is 0.240. The lowest BCUT2D eigenvalue weighted by molar-refractivity contribution is -0.913. The summed E-state index contributed by atoms with van der Waals surface area (Å²) in [5, 5.41) is 9.80. The van der Waals surface area contributed by atoms with Crippen LogP contribution in [-0.2, 0) is 4.74 Å². The number of hydrogen-bond donors (Lipinski definition) is 2. The highest BCUT2D eigenvalue weighted by molar-refractivity contribution is 5.62. The molecule has 0 saturated heterocycles. The van der Waals surface area contributed by atoms with Gasteiger partial charge < -0.3 is 15.4 Å². The molecule has 0 aromatic heterocycles. The smallest absolute Gasteiger partial charge is 0.205 e. The first-order valence-electron chi connectivity index (χ1n) is 10.3. The molecule has 0 fully saturated rings. The van der Waals surface area contributed by atoms with Gasteiger partial charge in [0.1, 0.15) is 42.1 Å². The van der Waals surface area contributed by atoms with Gasteiger partial charge in [-0.3, -0.25) is 0 Å². The van der Waals surface area contributed by atoms with Crippen molar-refractivity contribution in [2.75, 3.05) is 13.1 Å². The molecule has 6 heteroatoms. The van der Waals surface area contributed by atoms with Gasteiger partial charge in [0, 0.05) is 22.3 Å². The average Bonchev–Trinajstić information content (AvgIpc) is 2.75. The Labute approximate surface area is 180 Å². The summed E-state index contributed by atoms with van der Waals surface area (Å²) in [7, 11) is 0. The van der Waals surface area contributed by atoms with E-state index in [2.05, 4.69) is 19.9 Å². The summed E-state index contributed by atoms with van der Waals surface area (Å²) in [6.07, 6.45) is 1.76. The van der Waals surface area contributed by atoms with Crippen LogP contribution in [0, 0.1) is 23.0 Å². The molecule has 2 aliphatic rings. The summed E-state index contributed by atoms with van der Waals surface area (Å²) in [5.41, 5.74) is 8.70. The second-order valence-electron chi connectivity index (χ2n) is 8.16. The Morgan fingerprint density at radius 2 is 1.77 bits per heavy atom. The first-order valence-corrected chi connectivity index (χ1v) is 10.3. The van der Waals surface area contributed by atoms with Crippen LogP contribution in [0.3, 0.4) is 0 Å². The Morgan fingerprint density at radius 3 is 2.42 bits per heavy atom. The second kappa shape index (κ2) is 8.37. The van der Waals surface area contributed by atoms with Crippen LogP contribution in [0.15, 0.2) is 76.9 Å². The number of quaternary nitrogens is 1. The van der Waals surface area contributed by atoms with Gasteiger partial charge in [0.2, 0.25) is 5.88 Å². The van der Waals surface area contributed by atoms with E-state index in [1.165, 1.54) is 17.0 Å². The lowest BCUT2D eigenvalue weighted by atomic mass is 9.79. The van der Waals surface area contributed by atoms with Crippen LogP contribution in [0.2, 0.25) is 0 Å². The second-order valence-corrected chi connectivity index (χ2v) is 8.16. The standard InChI is InChI=1S/C25H23F2N3O/c1-15(2)30-13-17(11-16-7-3-5-9-21(16)26)24-20(14-30)23(19(12-28)25(29)31-24)18-8-4-6-10-22(18)27/h3-11,15,23H,13-14,29H2,1-2H3/p+1/b17-11+/t23-/m0/s1. The van der Waals surface area contributed by atoms with E-state index >= 15 is 0 Å². The number of nitrogens with one attached hydrogen (secondary N) is 1. The zero-order valence-electron chi connectivity index (χ0n) is 17.5. The van der Waals surface area contributed by atoms with Gasteiger partial charge in [0.15, 0.2) is 0 Å². The van der Waals surface area contributed by atoms with E-state index in [-0.39, 0.29) is 23.3 Å². The molecule has 4 rings (SSSR count). The van der Waals surface area contributed by atoms with Crippen molar-refractivity contribution >= 4 is 6.08 Å². The van der Waals surface area contributed by atoms with Crippen LogP contribution in [0.5, 0.6) is 0 Å². The molecule has 0 spiro atoms. The van der Waals surface area contributed by atoms with Gasteiger partial charge in [-0.2, -0.15) is 5.26 Å². The highest BCUT2D eigenvalue weighted by atomic mass is 19.1. The minimum atomic E-state index is -0.645. The Balaban J connectivity index is 1.93. The van der Waals surface area contributed by atoms with Crippen molar-refractivity contribution in [3.8, 4) is 6.07 Å². The quantitative estimate of drug-likeness (QED) is 0.800. The molecule has 3 N–H and O–H groups in total. The Hall–Kier alpha value is -3.43. The van der Waals surface area contributed by atoms with Crippen molar-refractivity contribution in [3.05, 3.63) is 99.7 Å². The molecule has 4 nitrogen and oxygen atoms in total. The van der Waals surface area contributed by atoms with E-state index in [4.69, 9.17) is 10.5 Å². The number of hydrogen-bond acceptors (Lipinski definition) is 3. The van der Waals surface area contributed by atoms with Crippen molar-refractivity contribution < 1.29 is 18.4 Å². The van der Waals surface area contributed by atoms with Crippen molar-refractivity contribution in [2.45, 2.75) is 25.8 Å². The van der Waals surface area contributed by atoms with Crippen molar-refractivity contribution in [2.24, 2.45) is 5.73 Å². The normalized spacial score (nSPS) is 22.4. The Kier molecular flexibility index (Phi) is 5.62. The maximum absolute atomic E-state index is 14.8. The fourth-order valence-electron chi connectivity index (χ4n) is 4.24. The molecule has 158 valence electrons. The van der Waals surface area contributed by atoms with E-state index in [0.717, 1.165) is 11.1 Å². The van der Waals surface area contributed by atoms with Gasteiger partial charge in [-0.25, -0.2) is 8.78 Å². The van der Waals surface area contributed by atoms with Crippen LogP contribution in [0.1, 0.15) is 30.9 Å². The van der Waals surface area contributed by atoms with Gasteiger partial charge in [0.25, 0.3) is 0 Å². The van der Waals surface area contributed by atoms with Gasteiger partial charge in [-0.05, 0) is 32.1 Å². The summed E-state index contributed by atoms with van der Waals surface area (Å²) in [5.74, 6) is -0.915. The molecular formula is C25H24F2N3O+. The van der Waals surface area contributed by atoms with E-state index in [9.17, 15) is 14.0 Å². The van der Waals surface area contributed by atoms with Gasteiger partial charge in [0.05, 0.1) is 12.0 Å². The zero-order chi connectivity index (χ0) is 22.1. The Bertz CT molecular complexity index is 1160. The lowest BCUT2D eigenvalue weighted by Crippen LogP contribution is -3.16. The van der Waals surface area contributed by atoms with Crippen LogP contribution in [0.25, 0.3) is 6.08 Å². The molecule has 1 unspecified atom stereocenters. The molecule has 2 aromatic carbocycles. The van der Waals surface area contributed by atoms with Gasteiger partial charge >= 0.3 is 0 Å². The molecule has 0 amide bonds. The SMILES string of the molecule is CC(C)[NH+]1CC2=C(OC(N)=C(C#N)[C@@H]2c2ccccc2F)/C(=C/c2ccccc2F)C1. The fourth-order valence-corrected chi connectivity index (χ4v) is 4.24. The molecule has 2 aliphatic heterocycles. The molecule has 31 heavy (non-hydrogen) atoms. The minimum Gasteiger partial charge on any atom is -0.440 e. The topological polar surface area (TPSA) is 63.5 Å². The molecule has 0 saturated carbocycles. The molecule has 0 radical (unpaired) electrons. The molecule has 2 atom stereocenters. The summed E-state index contributed by atoms with van der Waals surface area (Å²) in [6.45, 7) is 5.36. The minimum absolute atomic E-state index is 0.0399. The summed E-state index contributed by atoms with van der Waals surface area (Å²) < 4.78 is 35.1. The van der Waals surface area contributed by atoms with E-state index < -0.39 is 11.7 Å². The van der Waals surface area contributed by atoms with E-state index in [1.54, 1.807) is 42.5 Å². The number of nitrogens with zero attached hydrogens (tertiary/aromatic N) is 1. The number of allylic oxidation sites excluding steroid dienone is 1. The molecule has 2 heterocycles. The first kappa shape index (κ1) is 20.8. The molecule has 0 aliphatic carbocycles. The lowest BCUT2D eigenvalue weighted by Gasteiger charge is -2.37. The number of benzene rings is 2. The average molecular weight is 420 g/mol. The monoisotopic (exact) mass is 420 g/mol. The van der Waals surface area contributed by atoms with Crippen molar-refractivity contribution in [1.29, 1.82) is 5.26 Å². The number of halogens is 2. The predicted octanol–water partition coefficient (Wildman–Crippen LogP) is 3.42. The van der Waals surface area contributed by atoms with Crippen LogP contribution in [-0.4, -0.2) is 19.1 Å². The third kappa shape index (κ3) is 3.85. The van der Waals surface area contributed by atoms with Gasteiger partial charge in [-0.15, -0.1) is 0 Å². The summed E-state index contributed by atoms with van der Waals surface area (Å²) in [6, 6.07) is 15.3. The summed E-state index contributed by atoms with van der Waals surface area (Å²) in [4.78, 5) is 1.21. The van der Waals surface area contributed by atoms with Crippen LogP contribution in [0.4, 0.5) is 8.78 Å². The molecule has 0 bridgehead atoms. The van der Waals surface area contributed by atoms with E-state index in [0.29, 0.717) is 30.0 Å². The highest BCUT2D eigenvalue weighted by Crippen LogP contribution is 2.42. The Morgan fingerprint density at radius 1 is 1.10 bits per heavy atom. The maximum atomic E-state index is 14.8. The maximum Gasteiger partial charge on any atom is 0.205 e. The highest BCUT2D eigenvalue weighted by Gasteiger charge is 2.41. The van der Waals surface area contributed by atoms with Crippen LogP contribution >= 0.6 is 0 Å². The van der Waals surface area contributed by atoms with E-state index in [1.807, 2.05) is 0 Å². The number of nitrogens with two attached hydrogens (primary N) is 1. The van der Waals surface area contributed by atoms with Crippen molar-refractivity contribution in [1.82, 2.24) is 0 Å². The molecular weight excluding hydrogens is 396 g/mol. The number of nitriles is 1.